The Morgan fingerprint density at radius 3 is 2.75 bits per heavy atom. The minimum Gasteiger partial charge on any atom is -0.393 e. The molecule has 1 aliphatic carbocycles. The van der Waals surface area contributed by atoms with E-state index in [4.69, 9.17) is 0 Å². The van der Waals surface area contributed by atoms with Crippen LogP contribution in [0.1, 0.15) is 24.8 Å². The number of aliphatic hydroxyl groups is 1. The van der Waals surface area contributed by atoms with E-state index in [0.29, 0.717) is 24.3 Å². The van der Waals surface area contributed by atoms with Crippen LogP contribution in [0.3, 0.4) is 0 Å². The van der Waals surface area contributed by atoms with Gasteiger partial charge in [0.2, 0.25) is 0 Å². The van der Waals surface area contributed by atoms with Gasteiger partial charge in [0.05, 0.1) is 11.0 Å². The van der Waals surface area contributed by atoms with Crippen molar-refractivity contribution in [1.82, 2.24) is 0 Å². The Kier molecular flexibility index (Phi) is 3.19. The predicted molar refractivity (Wildman–Crippen MR) is 60.1 cm³/mol. The topological polar surface area (TPSA) is 63.4 Å². The highest BCUT2D eigenvalue weighted by Crippen LogP contribution is 2.34. The van der Waals surface area contributed by atoms with E-state index < -0.39 is 0 Å². The predicted octanol–water partition coefficient (Wildman–Crippen LogP) is 2.30. The molecule has 1 aliphatic rings. The summed E-state index contributed by atoms with van der Waals surface area (Å²) in [5, 5.41) is 20.5. The van der Waals surface area contributed by atoms with Crippen molar-refractivity contribution in [2.75, 3.05) is 0 Å². The first-order valence-corrected chi connectivity index (χ1v) is 5.59. The summed E-state index contributed by atoms with van der Waals surface area (Å²) in [6, 6.07) is 6.74. The second-order valence-electron chi connectivity index (χ2n) is 4.33. The second-order valence-corrected chi connectivity index (χ2v) is 4.33. The van der Waals surface area contributed by atoms with Gasteiger partial charge in [-0.2, -0.15) is 0 Å². The number of para-hydroxylation sites is 1. The number of rotatable bonds is 5. The van der Waals surface area contributed by atoms with Crippen LogP contribution in [0.25, 0.3) is 0 Å². The van der Waals surface area contributed by atoms with Gasteiger partial charge in [-0.05, 0) is 31.6 Å². The lowest BCUT2D eigenvalue weighted by Gasteiger charge is -2.08. The maximum atomic E-state index is 10.8. The lowest BCUT2D eigenvalue weighted by atomic mass is 10.0. The molecule has 1 aromatic carbocycles. The zero-order valence-corrected chi connectivity index (χ0v) is 9.00. The Labute approximate surface area is 94.1 Å². The Morgan fingerprint density at radius 2 is 2.12 bits per heavy atom. The molecule has 0 aliphatic heterocycles. The van der Waals surface area contributed by atoms with E-state index in [2.05, 4.69) is 0 Å². The summed E-state index contributed by atoms with van der Waals surface area (Å²) in [6.45, 7) is 0. The molecule has 1 aromatic rings. The Hall–Kier alpha value is -1.42. The molecule has 2 rings (SSSR count). The molecular formula is C12H15NO3. The van der Waals surface area contributed by atoms with Crippen LogP contribution in [0.2, 0.25) is 0 Å². The molecule has 4 heteroatoms. The lowest BCUT2D eigenvalue weighted by molar-refractivity contribution is -0.385. The average molecular weight is 221 g/mol. The van der Waals surface area contributed by atoms with Crippen LogP contribution in [0.5, 0.6) is 0 Å². The van der Waals surface area contributed by atoms with Crippen LogP contribution in [0.4, 0.5) is 5.69 Å². The van der Waals surface area contributed by atoms with E-state index in [9.17, 15) is 15.2 Å². The van der Waals surface area contributed by atoms with Crippen LogP contribution in [-0.4, -0.2) is 16.1 Å². The van der Waals surface area contributed by atoms with Crippen molar-refractivity contribution in [1.29, 1.82) is 0 Å². The Balaban J connectivity index is 1.99. The minimum atomic E-state index is -0.362. The number of aliphatic hydroxyl groups excluding tert-OH is 1. The van der Waals surface area contributed by atoms with Crippen molar-refractivity contribution in [3.05, 3.63) is 39.9 Å². The van der Waals surface area contributed by atoms with E-state index in [0.717, 1.165) is 12.8 Å². The highest BCUT2D eigenvalue weighted by Gasteiger charge is 2.29. The maximum absolute atomic E-state index is 10.8. The first-order valence-electron chi connectivity index (χ1n) is 5.59. The number of hydrogen-bond donors (Lipinski definition) is 1. The SMILES string of the molecule is O=[N+]([O-])c1ccccc1CCC(O)C1CC1. The van der Waals surface area contributed by atoms with Crippen molar-refractivity contribution in [2.24, 2.45) is 5.92 Å². The number of hydrogen-bond acceptors (Lipinski definition) is 3. The first-order chi connectivity index (χ1) is 7.68. The largest absolute Gasteiger partial charge is 0.393 e. The van der Waals surface area contributed by atoms with Gasteiger partial charge in [0.1, 0.15) is 0 Å². The van der Waals surface area contributed by atoms with Crippen LogP contribution in [0.15, 0.2) is 24.3 Å². The van der Waals surface area contributed by atoms with Crippen molar-refractivity contribution in [3.8, 4) is 0 Å². The molecule has 1 N–H and O–H groups in total. The molecule has 0 radical (unpaired) electrons. The van der Waals surface area contributed by atoms with E-state index in [1.165, 1.54) is 6.07 Å². The molecule has 4 nitrogen and oxygen atoms in total. The van der Waals surface area contributed by atoms with Crippen LogP contribution >= 0.6 is 0 Å². The first kappa shape index (κ1) is 11.1. The highest BCUT2D eigenvalue weighted by atomic mass is 16.6. The van der Waals surface area contributed by atoms with Crippen molar-refractivity contribution in [2.45, 2.75) is 31.8 Å². The van der Waals surface area contributed by atoms with Crippen LogP contribution < -0.4 is 0 Å². The third-order valence-electron chi connectivity index (χ3n) is 3.06. The summed E-state index contributed by atoms with van der Waals surface area (Å²) in [4.78, 5) is 10.4. The minimum absolute atomic E-state index is 0.158. The van der Waals surface area contributed by atoms with Crippen molar-refractivity contribution < 1.29 is 10.0 Å². The normalized spacial score (nSPS) is 17.1. The molecule has 0 spiro atoms. The molecule has 0 bridgehead atoms. The zero-order valence-electron chi connectivity index (χ0n) is 9.00. The molecule has 0 saturated heterocycles. The quantitative estimate of drug-likeness (QED) is 0.613. The van der Waals surface area contributed by atoms with E-state index in [1.807, 2.05) is 0 Å². The van der Waals surface area contributed by atoms with Gasteiger partial charge in [-0.25, -0.2) is 0 Å². The number of benzene rings is 1. The molecule has 1 fully saturated rings. The van der Waals surface area contributed by atoms with Gasteiger partial charge in [0.25, 0.3) is 5.69 Å². The van der Waals surface area contributed by atoms with Crippen molar-refractivity contribution >= 4 is 5.69 Å². The molecule has 1 unspecified atom stereocenters. The Morgan fingerprint density at radius 1 is 1.44 bits per heavy atom. The van der Waals surface area contributed by atoms with Gasteiger partial charge in [-0.1, -0.05) is 18.2 Å². The third kappa shape index (κ3) is 2.58. The fraction of sp³-hybridized carbons (Fsp3) is 0.500. The lowest BCUT2D eigenvalue weighted by Crippen LogP contribution is -2.10. The summed E-state index contributed by atoms with van der Waals surface area (Å²) in [5.74, 6) is 0.433. The maximum Gasteiger partial charge on any atom is 0.272 e. The fourth-order valence-electron chi connectivity index (χ4n) is 1.92. The zero-order chi connectivity index (χ0) is 11.5. The molecular weight excluding hydrogens is 206 g/mol. The molecule has 1 atom stereocenters. The van der Waals surface area contributed by atoms with Crippen molar-refractivity contribution in [3.63, 3.8) is 0 Å². The number of nitrogens with zero attached hydrogens (tertiary/aromatic N) is 1. The molecule has 1 saturated carbocycles. The average Bonchev–Trinajstić information content (AvgIpc) is 3.10. The number of nitro benzene ring substituents is 1. The molecule has 0 amide bonds. The van der Waals surface area contributed by atoms with Crippen LogP contribution in [-0.2, 0) is 6.42 Å². The van der Waals surface area contributed by atoms with Gasteiger partial charge in [0, 0.05) is 11.6 Å². The summed E-state index contributed by atoms with van der Waals surface area (Å²) in [6.07, 6.45) is 3.10. The highest BCUT2D eigenvalue weighted by molar-refractivity contribution is 5.39. The van der Waals surface area contributed by atoms with Gasteiger partial charge >= 0.3 is 0 Å². The summed E-state index contributed by atoms with van der Waals surface area (Å²) in [5.41, 5.74) is 0.873. The van der Waals surface area contributed by atoms with Gasteiger partial charge in [-0.15, -0.1) is 0 Å². The number of nitro groups is 1. The Bertz CT molecular complexity index is 388. The molecule has 86 valence electrons. The van der Waals surface area contributed by atoms with Gasteiger partial charge in [-0.3, -0.25) is 10.1 Å². The van der Waals surface area contributed by atoms with E-state index in [1.54, 1.807) is 18.2 Å². The van der Waals surface area contributed by atoms with Gasteiger partial charge in [0.15, 0.2) is 0 Å². The van der Waals surface area contributed by atoms with E-state index >= 15 is 0 Å². The fourth-order valence-corrected chi connectivity index (χ4v) is 1.92. The standard InChI is InChI=1S/C12H15NO3/c14-12(10-5-6-10)8-7-9-3-1-2-4-11(9)13(15)16/h1-4,10,12,14H,5-8H2. The van der Waals surface area contributed by atoms with E-state index in [-0.39, 0.29) is 16.7 Å². The third-order valence-corrected chi connectivity index (χ3v) is 3.06. The summed E-state index contributed by atoms with van der Waals surface area (Å²) < 4.78 is 0. The summed E-state index contributed by atoms with van der Waals surface area (Å²) >= 11 is 0. The molecule has 0 heterocycles. The molecule has 0 aromatic heterocycles. The molecule has 16 heavy (non-hydrogen) atoms. The summed E-state index contributed by atoms with van der Waals surface area (Å²) in [7, 11) is 0. The van der Waals surface area contributed by atoms with Gasteiger partial charge < -0.3 is 5.11 Å². The monoisotopic (exact) mass is 221 g/mol. The second kappa shape index (κ2) is 4.61. The smallest absolute Gasteiger partial charge is 0.272 e. The van der Waals surface area contributed by atoms with Crippen LogP contribution in [0, 0.1) is 16.0 Å². The number of aryl methyl sites for hydroxylation is 1.